The summed E-state index contributed by atoms with van der Waals surface area (Å²) in [6.45, 7) is 7.84. The highest BCUT2D eigenvalue weighted by Gasteiger charge is 2.44. The van der Waals surface area contributed by atoms with Gasteiger partial charge in [-0.1, -0.05) is 26.0 Å². The number of hydrogen-bond acceptors (Lipinski definition) is 7. The van der Waals surface area contributed by atoms with Gasteiger partial charge in [-0.2, -0.15) is 0 Å². The van der Waals surface area contributed by atoms with Crippen molar-refractivity contribution in [3.63, 3.8) is 0 Å². The molecule has 0 aliphatic heterocycles. The van der Waals surface area contributed by atoms with E-state index in [-0.39, 0.29) is 23.1 Å². The number of nitrogens with two attached hydrogens (primary N) is 1. The van der Waals surface area contributed by atoms with Gasteiger partial charge in [0.2, 0.25) is 5.91 Å². The number of rotatable bonds is 7. The van der Waals surface area contributed by atoms with E-state index in [1.807, 2.05) is 6.92 Å². The number of aldehydes is 1. The highest BCUT2D eigenvalue weighted by Crippen LogP contribution is 2.47. The Morgan fingerprint density at radius 3 is 2.55 bits per heavy atom. The average Bonchev–Trinajstić information content (AvgIpc) is 2.88. The van der Waals surface area contributed by atoms with Crippen LogP contribution >= 0.6 is 11.9 Å². The van der Waals surface area contributed by atoms with Crippen LogP contribution in [0.5, 0.6) is 0 Å². The van der Waals surface area contributed by atoms with Crippen molar-refractivity contribution in [3.8, 4) is 0 Å². The molecule has 1 amide bonds. The van der Waals surface area contributed by atoms with Gasteiger partial charge >= 0.3 is 0 Å². The number of nitro benzene ring substituents is 1. The maximum atomic E-state index is 13.2. The zero-order valence-corrected chi connectivity index (χ0v) is 21.1. The van der Waals surface area contributed by atoms with E-state index in [9.17, 15) is 19.7 Å². The van der Waals surface area contributed by atoms with Crippen molar-refractivity contribution < 1.29 is 14.5 Å². The maximum absolute atomic E-state index is 13.2. The van der Waals surface area contributed by atoms with Crippen LogP contribution in [0.3, 0.4) is 0 Å². The summed E-state index contributed by atoms with van der Waals surface area (Å²) in [5.41, 5.74) is 3.28. The summed E-state index contributed by atoms with van der Waals surface area (Å²) in [7, 11) is 1.50. The Morgan fingerprint density at radius 1 is 1.24 bits per heavy atom. The molecule has 2 aliphatic carbocycles. The van der Waals surface area contributed by atoms with Gasteiger partial charge in [-0.05, 0) is 88.8 Å². The predicted molar refractivity (Wildman–Crippen MR) is 132 cm³/mol. The zero-order chi connectivity index (χ0) is 24.8. The monoisotopic (exact) mass is 478 g/mol. The van der Waals surface area contributed by atoms with E-state index in [0.29, 0.717) is 22.6 Å². The maximum Gasteiger partial charge on any atom is 0.284 e. The molecule has 2 saturated carbocycles. The molecule has 184 valence electrons. The fraction of sp³-hybridized carbons (Fsp3) is 0.667. The average molecular weight is 479 g/mol. The highest BCUT2D eigenvalue weighted by atomic mass is 32.2. The summed E-state index contributed by atoms with van der Waals surface area (Å²) < 4.78 is 3.11. The summed E-state index contributed by atoms with van der Waals surface area (Å²) in [6.07, 6.45) is 5.92. The van der Waals surface area contributed by atoms with Crippen LogP contribution in [0.1, 0.15) is 59.8 Å². The summed E-state index contributed by atoms with van der Waals surface area (Å²) in [5.74, 6) is 1.19. The number of nitrogens with zero attached hydrogens (tertiary/aromatic N) is 1. The second-order valence-electron chi connectivity index (χ2n) is 10.3. The lowest BCUT2D eigenvalue weighted by Gasteiger charge is -2.41. The molecule has 2 fully saturated rings. The first-order valence-electron chi connectivity index (χ1n) is 11.6. The topological polar surface area (TPSA) is 127 Å². The summed E-state index contributed by atoms with van der Waals surface area (Å²) in [4.78, 5) is 36.2. The number of para-hydroxylation sites is 1. The lowest BCUT2D eigenvalue weighted by atomic mass is 9.66. The zero-order valence-electron chi connectivity index (χ0n) is 20.3. The molecule has 8 nitrogen and oxygen atoms in total. The van der Waals surface area contributed by atoms with Crippen molar-refractivity contribution in [3.05, 3.63) is 34.4 Å². The van der Waals surface area contributed by atoms with Crippen LogP contribution in [0.15, 0.2) is 29.2 Å². The van der Waals surface area contributed by atoms with Crippen LogP contribution in [-0.2, 0) is 9.59 Å². The Morgan fingerprint density at radius 2 is 1.91 bits per heavy atom. The van der Waals surface area contributed by atoms with Crippen molar-refractivity contribution in [1.82, 2.24) is 10.0 Å². The van der Waals surface area contributed by atoms with Crippen LogP contribution < -0.4 is 15.8 Å². The SMILES string of the molecule is CC1CC2CC(CC(C)(C=O)C2)C(NC(=O)C(C)(C)NSc2ccccc2[N+](=O)[O-])C1.CN. The van der Waals surface area contributed by atoms with Crippen molar-refractivity contribution in [2.24, 2.45) is 28.9 Å². The molecule has 0 saturated heterocycles. The smallest absolute Gasteiger partial charge is 0.284 e. The highest BCUT2D eigenvalue weighted by molar-refractivity contribution is 7.97. The van der Waals surface area contributed by atoms with Gasteiger partial charge in [-0.3, -0.25) is 14.9 Å². The molecule has 2 bridgehead atoms. The predicted octanol–water partition coefficient (Wildman–Crippen LogP) is 4.08. The molecule has 1 aromatic carbocycles. The molecule has 3 rings (SSSR count). The minimum Gasteiger partial charge on any atom is -0.351 e. The first kappa shape index (κ1) is 27.3. The normalized spacial score (nSPS) is 29.2. The molecule has 0 aromatic heterocycles. The van der Waals surface area contributed by atoms with Gasteiger partial charge in [0.1, 0.15) is 16.7 Å². The molecule has 0 spiro atoms. The Kier molecular flexibility index (Phi) is 9.46. The largest absolute Gasteiger partial charge is 0.351 e. The Hall–Kier alpha value is -1.97. The third-order valence-corrected chi connectivity index (χ3v) is 7.90. The number of nitro groups is 1. The molecule has 33 heavy (non-hydrogen) atoms. The molecule has 4 N–H and O–H groups in total. The lowest BCUT2D eigenvalue weighted by Crippen LogP contribution is -2.55. The van der Waals surface area contributed by atoms with E-state index in [0.717, 1.165) is 50.3 Å². The molecular weight excluding hydrogens is 440 g/mol. The van der Waals surface area contributed by atoms with E-state index < -0.39 is 10.5 Å². The van der Waals surface area contributed by atoms with Crippen LogP contribution in [0.25, 0.3) is 0 Å². The van der Waals surface area contributed by atoms with Gasteiger partial charge in [-0.25, -0.2) is 4.72 Å². The molecule has 9 heteroatoms. The van der Waals surface area contributed by atoms with Crippen molar-refractivity contribution in [2.75, 3.05) is 7.05 Å². The number of fused-ring (bicyclic) bond motifs is 2. The molecule has 5 unspecified atom stereocenters. The van der Waals surface area contributed by atoms with E-state index in [2.05, 4.69) is 22.7 Å². The number of nitrogens with one attached hydrogen (secondary N) is 2. The van der Waals surface area contributed by atoms with E-state index in [4.69, 9.17) is 0 Å². The van der Waals surface area contributed by atoms with Gasteiger partial charge in [-0.15, -0.1) is 0 Å². The minimum absolute atomic E-state index is 0.00944. The van der Waals surface area contributed by atoms with E-state index in [1.165, 1.54) is 13.1 Å². The van der Waals surface area contributed by atoms with Crippen molar-refractivity contribution in [2.45, 2.75) is 76.3 Å². The second-order valence-corrected chi connectivity index (χ2v) is 11.1. The Labute approximate surface area is 201 Å². The summed E-state index contributed by atoms with van der Waals surface area (Å²) in [5, 5.41) is 14.5. The van der Waals surface area contributed by atoms with Gasteiger partial charge in [0.05, 0.1) is 4.92 Å². The standard InChI is InChI=1S/C23H33N3O4S.CH5N/c1-15-9-16-11-17(13-23(4,12-16)14-27)18(10-15)24-21(28)22(2,3)25-31-20-8-6-5-7-19(20)26(29)30;1-2/h5-8,14-18,25H,9-13H2,1-4H3,(H,24,28);2H2,1H3. The molecule has 2 aliphatic rings. The third kappa shape index (κ3) is 7.01. The van der Waals surface area contributed by atoms with Crippen LogP contribution in [0, 0.1) is 33.3 Å². The molecule has 5 atom stereocenters. The summed E-state index contributed by atoms with van der Waals surface area (Å²) >= 11 is 1.10. The van der Waals surface area contributed by atoms with Crippen LogP contribution in [-0.4, -0.2) is 35.7 Å². The van der Waals surface area contributed by atoms with Gasteiger partial charge in [0.15, 0.2) is 0 Å². The van der Waals surface area contributed by atoms with Crippen LogP contribution in [0.2, 0.25) is 0 Å². The minimum atomic E-state index is -0.925. The fourth-order valence-electron chi connectivity index (χ4n) is 5.26. The number of benzene rings is 1. The van der Waals surface area contributed by atoms with E-state index in [1.54, 1.807) is 32.0 Å². The van der Waals surface area contributed by atoms with Crippen molar-refractivity contribution in [1.29, 1.82) is 0 Å². The van der Waals surface area contributed by atoms with Crippen molar-refractivity contribution >= 4 is 29.8 Å². The number of hydrogen-bond donors (Lipinski definition) is 3. The molecule has 0 radical (unpaired) electrons. The Bertz CT molecular complexity index is 850. The number of amides is 1. The lowest BCUT2D eigenvalue weighted by molar-refractivity contribution is -0.387. The second kappa shape index (κ2) is 11.4. The van der Waals surface area contributed by atoms with Crippen LogP contribution in [0.4, 0.5) is 5.69 Å². The molecule has 0 heterocycles. The van der Waals surface area contributed by atoms with Gasteiger partial charge in [0.25, 0.3) is 5.69 Å². The molecule has 1 aromatic rings. The fourth-order valence-corrected chi connectivity index (χ4v) is 6.11. The Balaban J connectivity index is 0.00000187. The first-order chi connectivity index (χ1) is 15.5. The molecular formula is C24H38N4O4S. The van der Waals surface area contributed by atoms with Gasteiger partial charge < -0.3 is 15.8 Å². The van der Waals surface area contributed by atoms with Gasteiger partial charge in [0, 0.05) is 17.5 Å². The third-order valence-electron chi connectivity index (χ3n) is 6.73. The first-order valence-corrected chi connectivity index (χ1v) is 12.4. The summed E-state index contributed by atoms with van der Waals surface area (Å²) in [6, 6.07) is 6.51. The number of carbonyl (C=O) groups is 2. The number of carbonyl (C=O) groups excluding carboxylic acids is 2. The van der Waals surface area contributed by atoms with E-state index >= 15 is 0 Å². The quantitative estimate of drug-likeness (QED) is 0.233.